The summed E-state index contributed by atoms with van der Waals surface area (Å²) in [5.74, 6) is 0.217. The minimum absolute atomic E-state index is 0.217. The topological polar surface area (TPSA) is 49.4 Å². The SMILES string of the molecule is CNCCCS(=O)(=O)N(C)CCc1cccs1. The lowest BCUT2D eigenvalue weighted by atomic mass is 10.3. The van der Waals surface area contributed by atoms with Crippen LogP contribution in [0.15, 0.2) is 17.5 Å². The highest BCUT2D eigenvalue weighted by molar-refractivity contribution is 7.89. The summed E-state index contributed by atoms with van der Waals surface area (Å²) >= 11 is 1.67. The first-order valence-corrected chi connectivity index (χ1v) is 8.16. The number of likely N-dealkylation sites (N-methyl/N-ethyl adjacent to an activating group) is 1. The van der Waals surface area contributed by atoms with Crippen molar-refractivity contribution in [2.75, 3.05) is 32.9 Å². The van der Waals surface area contributed by atoms with Gasteiger partial charge in [0.1, 0.15) is 0 Å². The van der Waals surface area contributed by atoms with Gasteiger partial charge >= 0.3 is 0 Å². The molecule has 0 aliphatic heterocycles. The van der Waals surface area contributed by atoms with E-state index >= 15 is 0 Å². The Morgan fingerprint density at radius 3 is 2.82 bits per heavy atom. The average molecular weight is 276 g/mol. The van der Waals surface area contributed by atoms with Crippen molar-refractivity contribution in [3.8, 4) is 0 Å². The highest BCUT2D eigenvalue weighted by atomic mass is 32.2. The minimum atomic E-state index is -3.09. The molecule has 17 heavy (non-hydrogen) atoms. The van der Waals surface area contributed by atoms with Crippen molar-refractivity contribution >= 4 is 21.4 Å². The predicted molar refractivity (Wildman–Crippen MR) is 73.0 cm³/mol. The Labute approximate surface area is 108 Å². The molecule has 98 valence electrons. The van der Waals surface area contributed by atoms with Crippen molar-refractivity contribution in [3.05, 3.63) is 22.4 Å². The van der Waals surface area contributed by atoms with E-state index in [1.54, 1.807) is 18.4 Å². The van der Waals surface area contributed by atoms with Gasteiger partial charge in [-0.1, -0.05) is 6.07 Å². The predicted octanol–water partition coefficient (Wildman–Crippen LogP) is 1.16. The fourth-order valence-corrected chi connectivity index (χ4v) is 3.34. The molecule has 0 radical (unpaired) electrons. The average Bonchev–Trinajstić information content (AvgIpc) is 2.78. The minimum Gasteiger partial charge on any atom is -0.320 e. The lowest BCUT2D eigenvalue weighted by Crippen LogP contribution is -2.31. The third-order valence-corrected chi connectivity index (χ3v) is 5.43. The largest absolute Gasteiger partial charge is 0.320 e. The van der Waals surface area contributed by atoms with Crippen LogP contribution in [0.4, 0.5) is 0 Å². The van der Waals surface area contributed by atoms with Crippen molar-refractivity contribution < 1.29 is 8.42 Å². The third-order valence-electron chi connectivity index (χ3n) is 2.56. The molecule has 0 aliphatic carbocycles. The van der Waals surface area contributed by atoms with Crippen LogP contribution in [0.5, 0.6) is 0 Å². The van der Waals surface area contributed by atoms with Gasteiger partial charge in [0.05, 0.1) is 5.75 Å². The van der Waals surface area contributed by atoms with Crippen LogP contribution in [0.1, 0.15) is 11.3 Å². The Bertz CT molecular complexity index is 401. The van der Waals surface area contributed by atoms with Crippen LogP contribution in [0.2, 0.25) is 0 Å². The van der Waals surface area contributed by atoms with Gasteiger partial charge < -0.3 is 5.32 Å². The number of sulfonamides is 1. The Balaban J connectivity index is 2.37. The molecule has 0 spiro atoms. The summed E-state index contributed by atoms with van der Waals surface area (Å²) in [4.78, 5) is 1.22. The van der Waals surface area contributed by atoms with Gasteiger partial charge in [-0.25, -0.2) is 12.7 Å². The summed E-state index contributed by atoms with van der Waals surface area (Å²) in [6.45, 7) is 1.29. The van der Waals surface area contributed by atoms with E-state index in [2.05, 4.69) is 5.32 Å². The number of rotatable bonds is 8. The highest BCUT2D eigenvalue weighted by Gasteiger charge is 2.16. The monoisotopic (exact) mass is 276 g/mol. The van der Waals surface area contributed by atoms with Crippen molar-refractivity contribution in [2.45, 2.75) is 12.8 Å². The first kappa shape index (κ1) is 14.6. The van der Waals surface area contributed by atoms with Gasteiger partial charge in [-0.3, -0.25) is 0 Å². The fraction of sp³-hybridized carbons (Fsp3) is 0.636. The van der Waals surface area contributed by atoms with Crippen LogP contribution in [0, 0.1) is 0 Å². The molecular formula is C11H20N2O2S2. The second kappa shape index (κ2) is 7.10. The van der Waals surface area contributed by atoms with Gasteiger partial charge in [0.25, 0.3) is 0 Å². The van der Waals surface area contributed by atoms with Gasteiger partial charge in [-0.05, 0) is 37.9 Å². The van der Waals surface area contributed by atoms with Crippen LogP contribution >= 0.6 is 11.3 Å². The zero-order valence-corrected chi connectivity index (χ0v) is 12.0. The summed E-state index contributed by atoms with van der Waals surface area (Å²) in [6, 6.07) is 4.02. The molecule has 0 saturated carbocycles. The molecule has 0 atom stereocenters. The van der Waals surface area contributed by atoms with Gasteiger partial charge in [-0.2, -0.15) is 0 Å². The standard InChI is InChI=1S/C11H20N2O2S2/c1-12-7-4-10-17(14,15)13(2)8-6-11-5-3-9-16-11/h3,5,9,12H,4,6-8,10H2,1-2H3. The molecule has 0 fully saturated rings. The summed E-state index contributed by atoms with van der Waals surface area (Å²) in [5.41, 5.74) is 0. The summed E-state index contributed by atoms with van der Waals surface area (Å²) in [6.07, 6.45) is 1.45. The molecule has 0 bridgehead atoms. The van der Waals surface area contributed by atoms with E-state index in [0.29, 0.717) is 13.0 Å². The Morgan fingerprint density at radius 1 is 1.47 bits per heavy atom. The maximum Gasteiger partial charge on any atom is 0.213 e. The van der Waals surface area contributed by atoms with Gasteiger partial charge in [-0.15, -0.1) is 11.3 Å². The van der Waals surface area contributed by atoms with Crippen LogP contribution in [-0.2, 0) is 16.4 Å². The molecular weight excluding hydrogens is 256 g/mol. The molecule has 0 unspecified atom stereocenters. The maximum atomic E-state index is 11.9. The quantitative estimate of drug-likeness (QED) is 0.725. The molecule has 1 N–H and O–H groups in total. The van der Waals surface area contributed by atoms with Crippen molar-refractivity contribution in [1.29, 1.82) is 0 Å². The molecule has 1 heterocycles. The van der Waals surface area contributed by atoms with E-state index in [1.165, 1.54) is 9.18 Å². The number of thiophene rings is 1. The number of hydrogen-bond acceptors (Lipinski definition) is 4. The highest BCUT2D eigenvalue weighted by Crippen LogP contribution is 2.10. The van der Waals surface area contributed by atoms with Crippen LogP contribution in [0.25, 0.3) is 0 Å². The van der Waals surface area contributed by atoms with Crippen LogP contribution in [-0.4, -0.2) is 45.7 Å². The zero-order valence-electron chi connectivity index (χ0n) is 10.3. The second-order valence-corrected chi connectivity index (χ2v) is 7.15. The van der Waals surface area contributed by atoms with E-state index in [4.69, 9.17) is 0 Å². The number of nitrogens with zero attached hydrogens (tertiary/aromatic N) is 1. The summed E-state index contributed by atoms with van der Waals surface area (Å²) < 4.78 is 25.2. The summed E-state index contributed by atoms with van der Waals surface area (Å²) in [7, 11) is 0.394. The van der Waals surface area contributed by atoms with Crippen molar-refractivity contribution in [3.63, 3.8) is 0 Å². The molecule has 0 aliphatic rings. The molecule has 0 amide bonds. The van der Waals surface area contributed by atoms with Gasteiger partial charge in [0, 0.05) is 18.5 Å². The van der Waals surface area contributed by atoms with E-state index in [0.717, 1.165) is 13.0 Å². The second-order valence-electron chi connectivity index (χ2n) is 3.92. The molecule has 6 heteroatoms. The van der Waals surface area contributed by atoms with Gasteiger partial charge in [0.15, 0.2) is 0 Å². The molecule has 1 rings (SSSR count). The first-order chi connectivity index (χ1) is 8.06. The third kappa shape index (κ3) is 5.16. The number of nitrogens with one attached hydrogen (secondary N) is 1. The van der Waals surface area contributed by atoms with E-state index in [9.17, 15) is 8.42 Å². The lowest BCUT2D eigenvalue weighted by Gasteiger charge is -2.16. The lowest BCUT2D eigenvalue weighted by molar-refractivity contribution is 0.471. The van der Waals surface area contributed by atoms with Crippen LogP contribution in [0.3, 0.4) is 0 Å². The fourth-order valence-electron chi connectivity index (χ4n) is 1.45. The Morgan fingerprint density at radius 2 is 2.24 bits per heavy atom. The number of hydrogen-bond donors (Lipinski definition) is 1. The Hall–Kier alpha value is -0.430. The molecule has 1 aromatic rings. The smallest absolute Gasteiger partial charge is 0.213 e. The normalized spacial score (nSPS) is 12.2. The van der Waals surface area contributed by atoms with E-state index in [1.807, 2.05) is 24.6 Å². The van der Waals surface area contributed by atoms with Crippen molar-refractivity contribution in [2.24, 2.45) is 0 Å². The zero-order chi connectivity index (χ0) is 12.7. The molecule has 4 nitrogen and oxygen atoms in total. The maximum absolute atomic E-state index is 11.9. The van der Waals surface area contributed by atoms with E-state index < -0.39 is 10.0 Å². The van der Waals surface area contributed by atoms with E-state index in [-0.39, 0.29) is 5.75 Å². The molecule has 0 saturated heterocycles. The Kier molecular flexibility index (Phi) is 6.11. The molecule has 1 aromatic heterocycles. The summed E-state index contributed by atoms with van der Waals surface area (Å²) in [5, 5.41) is 4.96. The van der Waals surface area contributed by atoms with Gasteiger partial charge in [0.2, 0.25) is 10.0 Å². The molecule has 0 aromatic carbocycles. The first-order valence-electron chi connectivity index (χ1n) is 5.67. The van der Waals surface area contributed by atoms with Crippen molar-refractivity contribution in [1.82, 2.24) is 9.62 Å². The van der Waals surface area contributed by atoms with Crippen LogP contribution < -0.4 is 5.32 Å².